The molecule has 0 unspecified atom stereocenters. The number of esters is 1. The zero-order valence-electron chi connectivity index (χ0n) is 7.75. The maximum absolute atomic E-state index is 11.8. The largest absolute Gasteiger partial charge is 0.461 e. The van der Waals surface area contributed by atoms with Crippen molar-refractivity contribution in [3.8, 4) is 0 Å². The number of aromatic amines is 1. The Morgan fingerprint density at radius 1 is 1.79 bits per heavy atom. The van der Waals surface area contributed by atoms with E-state index in [1.807, 2.05) is 0 Å². The number of nitrogens with zero attached hydrogens (tertiary/aromatic N) is 1. The SMILES string of the molecule is CCOC(=O)c1cnc(SCCF)[nH]1. The molecular weight excluding hydrogens is 207 g/mol. The van der Waals surface area contributed by atoms with Gasteiger partial charge in [-0.05, 0) is 6.92 Å². The van der Waals surface area contributed by atoms with Gasteiger partial charge in [-0.3, -0.25) is 4.39 Å². The number of carbonyl (C=O) groups is 1. The second-order valence-electron chi connectivity index (χ2n) is 2.36. The second kappa shape index (κ2) is 5.64. The number of alkyl halides is 1. The maximum atomic E-state index is 11.8. The van der Waals surface area contributed by atoms with Crippen molar-refractivity contribution in [2.75, 3.05) is 19.0 Å². The number of hydrogen-bond acceptors (Lipinski definition) is 4. The van der Waals surface area contributed by atoms with E-state index in [9.17, 15) is 9.18 Å². The number of aromatic nitrogens is 2. The number of thioether (sulfide) groups is 1. The first kappa shape index (κ1) is 11.0. The van der Waals surface area contributed by atoms with Crippen molar-refractivity contribution in [1.29, 1.82) is 0 Å². The Labute approximate surface area is 85.2 Å². The smallest absolute Gasteiger partial charge is 0.356 e. The summed E-state index contributed by atoms with van der Waals surface area (Å²) in [5.41, 5.74) is 0.299. The third-order valence-corrected chi connectivity index (χ3v) is 2.20. The number of nitrogens with one attached hydrogen (secondary N) is 1. The first-order valence-corrected chi connectivity index (χ1v) is 5.17. The Hall–Kier alpha value is -1.04. The Kier molecular flexibility index (Phi) is 4.45. The molecule has 0 bridgehead atoms. The van der Waals surface area contributed by atoms with Crippen molar-refractivity contribution in [3.63, 3.8) is 0 Å². The molecule has 1 aromatic heterocycles. The molecule has 1 N–H and O–H groups in total. The predicted molar refractivity (Wildman–Crippen MR) is 51.2 cm³/mol. The molecule has 0 aliphatic heterocycles. The molecule has 6 heteroatoms. The maximum Gasteiger partial charge on any atom is 0.356 e. The highest BCUT2D eigenvalue weighted by Gasteiger charge is 2.09. The Morgan fingerprint density at radius 3 is 3.21 bits per heavy atom. The molecule has 0 atom stereocenters. The molecule has 4 nitrogen and oxygen atoms in total. The monoisotopic (exact) mass is 218 g/mol. The van der Waals surface area contributed by atoms with E-state index in [1.165, 1.54) is 18.0 Å². The van der Waals surface area contributed by atoms with Gasteiger partial charge in [0, 0.05) is 5.75 Å². The van der Waals surface area contributed by atoms with E-state index in [-0.39, 0.29) is 0 Å². The average Bonchev–Trinajstić information content (AvgIpc) is 2.63. The van der Waals surface area contributed by atoms with Crippen LogP contribution in [0.2, 0.25) is 0 Å². The van der Waals surface area contributed by atoms with Gasteiger partial charge in [-0.2, -0.15) is 0 Å². The van der Waals surface area contributed by atoms with Crippen LogP contribution in [-0.2, 0) is 4.74 Å². The van der Waals surface area contributed by atoms with Crippen molar-refractivity contribution in [2.24, 2.45) is 0 Å². The predicted octanol–water partition coefficient (Wildman–Crippen LogP) is 1.65. The van der Waals surface area contributed by atoms with Gasteiger partial charge in [-0.25, -0.2) is 9.78 Å². The minimum absolute atomic E-state index is 0.299. The molecule has 78 valence electrons. The minimum atomic E-state index is -0.438. The number of hydrogen-bond donors (Lipinski definition) is 1. The summed E-state index contributed by atoms with van der Waals surface area (Å²) in [4.78, 5) is 17.8. The summed E-state index contributed by atoms with van der Waals surface area (Å²) in [6.45, 7) is 1.64. The Morgan fingerprint density at radius 2 is 2.57 bits per heavy atom. The zero-order chi connectivity index (χ0) is 10.4. The zero-order valence-corrected chi connectivity index (χ0v) is 8.57. The number of carbonyl (C=O) groups excluding carboxylic acids is 1. The third kappa shape index (κ3) is 3.02. The van der Waals surface area contributed by atoms with Gasteiger partial charge in [0.2, 0.25) is 0 Å². The van der Waals surface area contributed by atoms with Gasteiger partial charge in [0.15, 0.2) is 5.16 Å². The normalized spacial score (nSPS) is 10.1. The molecule has 0 fully saturated rings. The lowest BCUT2D eigenvalue weighted by molar-refractivity contribution is 0.0519. The summed E-state index contributed by atoms with van der Waals surface area (Å²) >= 11 is 1.23. The molecular formula is C8H11FN2O2S. The van der Waals surface area contributed by atoms with Crippen molar-refractivity contribution in [1.82, 2.24) is 9.97 Å². The van der Waals surface area contributed by atoms with Crippen LogP contribution in [0, 0.1) is 0 Å². The summed E-state index contributed by atoms with van der Waals surface area (Å²) in [5, 5.41) is 0.533. The lowest BCUT2D eigenvalue weighted by atomic mass is 10.5. The van der Waals surface area contributed by atoms with Crippen LogP contribution in [0.25, 0.3) is 0 Å². The number of H-pyrrole nitrogens is 1. The van der Waals surface area contributed by atoms with Crippen LogP contribution in [0.15, 0.2) is 11.4 Å². The molecule has 0 spiro atoms. The lowest BCUT2D eigenvalue weighted by Crippen LogP contribution is -2.04. The fourth-order valence-corrected chi connectivity index (χ4v) is 1.40. The lowest BCUT2D eigenvalue weighted by Gasteiger charge is -1.96. The summed E-state index contributed by atoms with van der Waals surface area (Å²) in [5.74, 6) is -0.109. The molecule has 1 aromatic rings. The van der Waals surface area contributed by atoms with Crippen LogP contribution < -0.4 is 0 Å². The molecule has 1 rings (SSSR count). The van der Waals surface area contributed by atoms with Crippen LogP contribution in [0.3, 0.4) is 0 Å². The molecule has 0 amide bonds. The highest BCUT2D eigenvalue weighted by molar-refractivity contribution is 7.99. The average molecular weight is 218 g/mol. The van der Waals surface area contributed by atoms with Gasteiger partial charge >= 0.3 is 5.97 Å². The van der Waals surface area contributed by atoms with Crippen LogP contribution in [0.4, 0.5) is 4.39 Å². The molecule has 0 saturated carbocycles. The molecule has 0 radical (unpaired) electrons. The highest BCUT2D eigenvalue weighted by Crippen LogP contribution is 2.13. The van der Waals surface area contributed by atoms with Crippen molar-refractivity contribution in [3.05, 3.63) is 11.9 Å². The highest BCUT2D eigenvalue weighted by atomic mass is 32.2. The van der Waals surface area contributed by atoms with E-state index < -0.39 is 12.6 Å². The van der Waals surface area contributed by atoms with Crippen molar-refractivity contribution in [2.45, 2.75) is 12.1 Å². The van der Waals surface area contributed by atoms with Crippen LogP contribution in [0.5, 0.6) is 0 Å². The van der Waals surface area contributed by atoms with Gasteiger partial charge < -0.3 is 9.72 Å². The summed E-state index contributed by atoms with van der Waals surface area (Å²) in [6, 6.07) is 0. The van der Waals surface area contributed by atoms with Gasteiger partial charge in [0.25, 0.3) is 0 Å². The number of halogens is 1. The van der Waals surface area contributed by atoms with E-state index in [4.69, 9.17) is 4.74 Å². The molecule has 0 aromatic carbocycles. The van der Waals surface area contributed by atoms with Gasteiger partial charge in [0.05, 0.1) is 19.5 Å². The quantitative estimate of drug-likeness (QED) is 0.603. The van der Waals surface area contributed by atoms with Crippen molar-refractivity contribution >= 4 is 17.7 Å². The summed E-state index contributed by atoms with van der Waals surface area (Å²) < 4.78 is 16.6. The topological polar surface area (TPSA) is 55.0 Å². The fourth-order valence-electron chi connectivity index (χ4n) is 0.824. The third-order valence-electron chi connectivity index (χ3n) is 1.36. The van der Waals surface area contributed by atoms with E-state index in [0.29, 0.717) is 23.2 Å². The summed E-state index contributed by atoms with van der Waals surface area (Å²) in [7, 11) is 0. The molecule has 0 aliphatic rings. The first-order chi connectivity index (χ1) is 6.77. The van der Waals surface area contributed by atoms with Gasteiger partial charge in [0.1, 0.15) is 5.69 Å². The van der Waals surface area contributed by atoms with Crippen LogP contribution >= 0.6 is 11.8 Å². The minimum Gasteiger partial charge on any atom is -0.461 e. The Balaban J connectivity index is 2.54. The van der Waals surface area contributed by atoms with E-state index in [1.54, 1.807) is 6.92 Å². The molecule has 14 heavy (non-hydrogen) atoms. The molecule has 1 heterocycles. The standard InChI is InChI=1S/C8H11FN2O2S/c1-2-13-7(12)6-5-10-8(11-6)14-4-3-9/h5H,2-4H2,1H3,(H,10,11). The number of rotatable bonds is 5. The Bertz CT molecular complexity index is 303. The number of ether oxygens (including phenoxy) is 1. The van der Waals surface area contributed by atoms with Gasteiger partial charge in [-0.1, -0.05) is 11.8 Å². The van der Waals surface area contributed by atoms with E-state index >= 15 is 0 Å². The first-order valence-electron chi connectivity index (χ1n) is 4.18. The molecule has 0 aliphatic carbocycles. The van der Waals surface area contributed by atoms with Crippen LogP contribution in [-0.4, -0.2) is 35.0 Å². The van der Waals surface area contributed by atoms with E-state index in [0.717, 1.165) is 0 Å². The fraction of sp³-hybridized carbons (Fsp3) is 0.500. The van der Waals surface area contributed by atoms with E-state index in [2.05, 4.69) is 9.97 Å². The summed E-state index contributed by atoms with van der Waals surface area (Å²) in [6.07, 6.45) is 1.39. The number of imidazole rings is 1. The van der Waals surface area contributed by atoms with Crippen molar-refractivity contribution < 1.29 is 13.9 Å². The molecule has 0 saturated heterocycles. The second-order valence-corrected chi connectivity index (χ2v) is 3.44. The van der Waals surface area contributed by atoms with Crippen LogP contribution in [0.1, 0.15) is 17.4 Å². The van der Waals surface area contributed by atoms with Gasteiger partial charge in [-0.15, -0.1) is 0 Å².